The van der Waals surface area contributed by atoms with E-state index in [0.29, 0.717) is 0 Å². The van der Waals surface area contributed by atoms with Crippen LogP contribution in [0.15, 0.2) is 0 Å². The number of hydrogen-bond donors (Lipinski definition) is 1. The molecule has 104 valence electrons. The number of morpholine rings is 1. The van der Waals surface area contributed by atoms with Crippen molar-refractivity contribution in [2.75, 3.05) is 52.5 Å². The van der Waals surface area contributed by atoms with Crippen LogP contribution >= 0.6 is 0 Å². The Kier molecular flexibility index (Phi) is 4.52. The lowest BCUT2D eigenvalue weighted by Crippen LogP contribution is -2.47. The maximum Gasteiger partial charge on any atom is 0.0594 e. The molecule has 3 aliphatic rings. The highest BCUT2D eigenvalue weighted by Crippen LogP contribution is 2.24. The van der Waals surface area contributed by atoms with Crippen molar-refractivity contribution < 1.29 is 4.74 Å². The van der Waals surface area contributed by atoms with E-state index in [-0.39, 0.29) is 0 Å². The standard InChI is InChI=1S/C14H27N3O/c1-3-13(15-5-1)14-4-2-6-17(14)8-7-16-9-11-18-12-10-16/h13-15H,1-12H2. The van der Waals surface area contributed by atoms with E-state index in [1.165, 1.54) is 51.9 Å². The largest absolute Gasteiger partial charge is 0.379 e. The molecular formula is C14H27N3O. The molecule has 18 heavy (non-hydrogen) atoms. The molecule has 0 saturated carbocycles. The summed E-state index contributed by atoms with van der Waals surface area (Å²) in [5.41, 5.74) is 0. The number of nitrogens with one attached hydrogen (secondary N) is 1. The van der Waals surface area contributed by atoms with Crippen molar-refractivity contribution in [3.05, 3.63) is 0 Å². The van der Waals surface area contributed by atoms with Gasteiger partial charge in [-0.3, -0.25) is 9.80 Å². The van der Waals surface area contributed by atoms with Gasteiger partial charge in [0.25, 0.3) is 0 Å². The van der Waals surface area contributed by atoms with Gasteiger partial charge in [-0.2, -0.15) is 0 Å². The molecule has 2 atom stereocenters. The van der Waals surface area contributed by atoms with Crippen LogP contribution < -0.4 is 5.32 Å². The van der Waals surface area contributed by atoms with Gasteiger partial charge in [0.2, 0.25) is 0 Å². The zero-order chi connectivity index (χ0) is 12.2. The second kappa shape index (κ2) is 6.33. The first-order valence-corrected chi connectivity index (χ1v) is 7.71. The Hall–Kier alpha value is -0.160. The van der Waals surface area contributed by atoms with Gasteiger partial charge < -0.3 is 10.1 Å². The lowest BCUT2D eigenvalue weighted by Gasteiger charge is -2.33. The molecule has 2 unspecified atom stereocenters. The third-order valence-electron chi connectivity index (χ3n) is 4.78. The lowest BCUT2D eigenvalue weighted by molar-refractivity contribution is 0.0320. The zero-order valence-electron chi connectivity index (χ0n) is 11.4. The molecule has 3 rings (SSSR count). The molecule has 0 bridgehead atoms. The second-order valence-corrected chi connectivity index (χ2v) is 5.90. The molecule has 3 heterocycles. The molecule has 0 aromatic rings. The normalized spacial score (nSPS) is 35.3. The van der Waals surface area contributed by atoms with Crippen LogP contribution in [-0.2, 0) is 4.74 Å². The molecule has 0 radical (unpaired) electrons. The van der Waals surface area contributed by atoms with E-state index in [4.69, 9.17) is 4.74 Å². The van der Waals surface area contributed by atoms with E-state index >= 15 is 0 Å². The zero-order valence-corrected chi connectivity index (χ0v) is 11.4. The van der Waals surface area contributed by atoms with Gasteiger partial charge in [-0.25, -0.2) is 0 Å². The van der Waals surface area contributed by atoms with Gasteiger partial charge in [-0.1, -0.05) is 0 Å². The fourth-order valence-electron chi connectivity index (χ4n) is 3.72. The first-order valence-electron chi connectivity index (χ1n) is 7.71. The lowest BCUT2D eigenvalue weighted by atomic mass is 10.0. The average molecular weight is 253 g/mol. The minimum atomic E-state index is 0.775. The summed E-state index contributed by atoms with van der Waals surface area (Å²) in [6.45, 7) is 9.13. The van der Waals surface area contributed by atoms with Crippen molar-refractivity contribution in [1.82, 2.24) is 15.1 Å². The first kappa shape index (κ1) is 12.9. The molecule has 3 fully saturated rings. The summed E-state index contributed by atoms with van der Waals surface area (Å²) in [6.07, 6.45) is 5.56. The molecule has 4 nitrogen and oxygen atoms in total. The predicted octanol–water partition coefficient (Wildman–Crippen LogP) is 0.535. The van der Waals surface area contributed by atoms with E-state index in [1.807, 2.05) is 0 Å². The third-order valence-corrected chi connectivity index (χ3v) is 4.78. The van der Waals surface area contributed by atoms with Crippen LogP contribution in [0.2, 0.25) is 0 Å². The molecule has 0 aliphatic carbocycles. The second-order valence-electron chi connectivity index (χ2n) is 5.90. The van der Waals surface area contributed by atoms with Crippen LogP contribution in [0.5, 0.6) is 0 Å². The molecule has 1 N–H and O–H groups in total. The maximum absolute atomic E-state index is 5.41. The SMILES string of the molecule is C1CNC(C2CCCN2CCN2CCOCC2)C1. The van der Waals surface area contributed by atoms with Crippen LogP contribution in [0.3, 0.4) is 0 Å². The van der Waals surface area contributed by atoms with Crippen LogP contribution in [0.1, 0.15) is 25.7 Å². The fourth-order valence-corrected chi connectivity index (χ4v) is 3.72. The van der Waals surface area contributed by atoms with Crippen molar-refractivity contribution in [2.24, 2.45) is 0 Å². The van der Waals surface area contributed by atoms with Crippen molar-refractivity contribution >= 4 is 0 Å². The highest BCUT2D eigenvalue weighted by molar-refractivity contribution is 4.92. The fraction of sp³-hybridized carbons (Fsp3) is 1.00. The smallest absolute Gasteiger partial charge is 0.0594 e. The van der Waals surface area contributed by atoms with Gasteiger partial charge in [0.1, 0.15) is 0 Å². The molecule has 3 saturated heterocycles. The summed E-state index contributed by atoms with van der Waals surface area (Å²) >= 11 is 0. The Morgan fingerprint density at radius 3 is 2.67 bits per heavy atom. The predicted molar refractivity (Wildman–Crippen MR) is 72.9 cm³/mol. The van der Waals surface area contributed by atoms with Crippen molar-refractivity contribution in [2.45, 2.75) is 37.8 Å². The number of likely N-dealkylation sites (tertiary alicyclic amines) is 1. The third kappa shape index (κ3) is 3.05. The summed E-state index contributed by atoms with van der Waals surface area (Å²) in [4.78, 5) is 5.29. The van der Waals surface area contributed by atoms with Crippen molar-refractivity contribution in [3.63, 3.8) is 0 Å². The summed E-state index contributed by atoms with van der Waals surface area (Å²) in [6, 6.07) is 1.59. The Morgan fingerprint density at radius 2 is 1.89 bits per heavy atom. The number of ether oxygens (including phenoxy) is 1. The quantitative estimate of drug-likeness (QED) is 0.791. The van der Waals surface area contributed by atoms with E-state index in [2.05, 4.69) is 15.1 Å². The van der Waals surface area contributed by atoms with Gasteiger partial charge in [0.15, 0.2) is 0 Å². The Morgan fingerprint density at radius 1 is 1.00 bits per heavy atom. The van der Waals surface area contributed by atoms with Crippen LogP contribution in [0.4, 0.5) is 0 Å². The maximum atomic E-state index is 5.41. The van der Waals surface area contributed by atoms with Crippen LogP contribution in [0, 0.1) is 0 Å². The van der Waals surface area contributed by atoms with Gasteiger partial charge in [0, 0.05) is 38.3 Å². The molecular weight excluding hydrogens is 226 g/mol. The van der Waals surface area contributed by atoms with Gasteiger partial charge >= 0.3 is 0 Å². The number of rotatable bonds is 4. The van der Waals surface area contributed by atoms with E-state index in [0.717, 1.165) is 38.4 Å². The summed E-state index contributed by atoms with van der Waals surface area (Å²) in [5.74, 6) is 0. The van der Waals surface area contributed by atoms with Gasteiger partial charge in [-0.05, 0) is 38.8 Å². The first-order chi connectivity index (χ1) is 8.93. The summed E-state index contributed by atoms with van der Waals surface area (Å²) in [5, 5.41) is 3.69. The minimum Gasteiger partial charge on any atom is -0.379 e. The summed E-state index contributed by atoms with van der Waals surface area (Å²) < 4.78 is 5.41. The molecule has 0 aromatic heterocycles. The number of hydrogen-bond acceptors (Lipinski definition) is 4. The average Bonchev–Trinajstić information content (AvgIpc) is 3.08. The highest BCUT2D eigenvalue weighted by Gasteiger charge is 2.32. The van der Waals surface area contributed by atoms with E-state index in [1.54, 1.807) is 0 Å². The monoisotopic (exact) mass is 253 g/mol. The Balaban J connectivity index is 1.45. The van der Waals surface area contributed by atoms with Crippen LogP contribution in [-0.4, -0.2) is 74.4 Å². The van der Waals surface area contributed by atoms with E-state index < -0.39 is 0 Å². The van der Waals surface area contributed by atoms with E-state index in [9.17, 15) is 0 Å². The Labute approximate surface area is 111 Å². The summed E-state index contributed by atoms with van der Waals surface area (Å²) in [7, 11) is 0. The molecule has 0 amide bonds. The molecule has 0 spiro atoms. The Bertz CT molecular complexity index is 249. The van der Waals surface area contributed by atoms with Gasteiger partial charge in [-0.15, -0.1) is 0 Å². The van der Waals surface area contributed by atoms with Crippen molar-refractivity contribution in [3.8, 4) is 0 Å². The number of nitrogens with zero attached hydrogens (tertiary/aromatic N) is 2. The molecule has 3 aliphatic heterocycles. The van der Waals surface area contributed by atoms with Crippen LogP contribution in [0.25, 0.3) is 0 Å². The minimum absolute atomic E-state index is 0.775. The highest BCUT2D eigenvalue weighted by atomic mass is 16.5. The molecule has 4 heteroatoms. The van der Waals surface area contributed by atoms with Crippen molar-refractivity contribution in [1.29, 1.82) is 0 Å². The van der Waals surface area contributed by atoms with Gasteiger partial charge in [0.05, 0.1) is 13.2 Å². The molecule has 0 aromatic carbocycles. The topological polar surface area (TPSA) is 27.7 Å².